The first-order chi connectivity index (χ1) is 18.0. The van der Waals surface area contributed by atoms with E-state index in [4.69, 9.17) is 32.7 Å². The predicted octanol–water partition coefficient (Wildman–Crippen LogP) is 6.62. The molecule has 1 fully saturated rings. The van der Waals surface area contributed by atoms with Gasteiger partial charge in [0.2, 0.25) is 5.91 Å². The van der Waals surface area contributed by atoms with Gasteiger partial charge in [0.05, 0.1) is 16.0 Å². The molecule has 7 nitrogen and oxygen atoms in total. The van der Waals surface area contributed by atoms with Crippen molar-refractivity contribution < 1.29 is 23.9 Å². The summed E-state index contributed by atoms with van der Waals surface area (Å²) in [7, 11) is 0. The molecule has 1 heterocycles. The van der Waals surface area contributed by atoms with Crippen LogP contribution in [0.15, 0.2) is 66.7 Å². The highest BCUT2D eigenvalue weighted by Crippen LogP contribution is 2.31. The maximum Gasteiger partial charge on any atom is 0.311 e. The molecule has 1 atom stereocenters. The zero-order valence-electron chi connectivity index (χ0n) is 21.3. The van der Waals surface area contributed by atoms with Crippen LogP contribution in [0.1, 0.15) is 32.8 Å². The number of carbonyl (C=O) groups excluding carboxylic acids is 3. The van der Waals surface area contributed by atoms with Gasteiger partial charge in [-0.05, 0) is 65.6 Å². The fourth-order valence-electron chi connectivity index (χ4n) is 3.99. The van der Waals surface area contributed by atoms with Crippen molar-refractivity contribution in [2.75, 3.05) is 23.4 Å². The third-order valence-electron chi connectivity index (χ3n) is 6.11. The molecule has 0 saturated carbocycles. The summed E-state index contributed by atoms with van der Waals surface area (Å²) in [6.45, 7) is 6.15. The zero-order valence-corrected chi connectivity index (χ0v) is 22.8. The minimum Gasteiger partial charge on any atom is -0.457 e. The number of hydrogen-bond donors (Lipinski definition) is 1. The Morgan fingerprint density at radius 1 is 0.947 bits per heavy atom. The van der Waals surface area contributed by atoms with Crippen molar-refractivity contribution in [3.63, 3.8) is 0 Å². The van der Waals surface area contributed by atoms with Crippen molar-refractivity contribution in [3.05, 3.63) is 82.3 Å². The fourth-order valence-corrected chi connectivity index (χ4v) is 4.29. The van der Waals surface area contributed by atoms with Gasteiger partial charge in [-0.15, -0.1) is 0 Å². The average molecular weight is 555 g/mol. The smallest absolute Gasteiger partial charge is 0.311 e. The number of ether oxygens (including phenoxy) is 2. The molecular formula is C29H28Cl2N2O5. The summed E-state index contributed by atoms with van der Waals surface area (Å²) < 4.78 is 11.1. The number of esters is 1. The van der Waals surface area contributed by atoms with Crippen LogP contribution >= 0.6 is 23.2 Å². The van der Waals surface area contributed by atoms with Crippen molar-refractivity contribution in [2.45, 2.75) is 32.6 Å². The molecule has 1 saturated heterocycles. The predicted molar refractivity (Wildman–Crippen MR) is 148 cm³/mol. The Balaban J connectivity index is 1.29. The fraction of sp³-hybridized carbons (Fsp3) is 0.276. The van der Waals surface area contributed by atoms with Crippen LogP contribution in [-0.4, -0.2) is 30.9 Å². The SMILES string of the molecule is CC(C)(C)c1ccc(Oc2ccc(N3C[C@@H](C(=O)OCC(=O)Nc4ccc(Cl)c(Cl)c4)CC3=O)cc2)cc1. The monoisotopic (exact) mass is 554 g/mol. The van der Waals surface area contributed by atoms with E-state index in [0.29, 0.717) is 32.9 Å². The molecule has 0 aliphatic carbocycles. The van der Waals surface area contributed by atoms with Crippen LogP contribution in [0.3, 0.4) is 0 Å². The number of nitrogens with one attached hydrogen (secondary N) is 1. The molecule has 38 heavy (non-hydrogen) atoms. The second-order valence-corrected chi connectivity index (χ2v) is 10.9. The Bertz CT molecular complexity index is 1330. The Morgan fingerprint density at radius 3 is 2.18 bits per heavy atom. The average Bonchev–Trinajstić information content (AvgIpc) is 3.27. The Morgan fingerprint density at radius 2 is 1.58 bits per heavy atom. The number of amides is 2. The number of carbonyl (C=O) groups is 3. The summed E-state index contributed by atoms with van der Waals surface area (Å²) in [6, 6.07) is 19.7. The van der Waals surface area contributed by atoms with E-state index in [-0.39, 0.29) is 24.3 Å². The number of rotatable bonds is 7. The van der Waals surface area contributed by atoms with E-state index in [9.17, 15) is 14.4 Å². The van der Waals surface area contributed by atoms with Crippen LogP contribution < -0.4 is 15.0 Å². The van der Waals surface area contributed by atoms with Crippen molar-refractivity contribution in [1.29, 1.82) is 0 Å². The number of nitrogens with zero attached hydrogens (tertiary/aromatic N) is 1. The maximum absolute atomic E-state index is 12.6. The molecule has 4 rings (SSSR count). The van der Waals surface area contributed by atoms with E-state index >= 15 is 0 Å². The Labute approximate surface area is 231 Å². The summed E-state index contributed by atoms with van der Waals surface area (Å²) in [5, 5.41) is 3.24. The lowest BCUT2D eigenvalue weighted by atomic mass is 9.87. The zero-order chi connectivity index (χ0) is 27.4. The summed E-state index contributed by atoms with van der Waals surface area (Å²) in [6.07, 6.45) is 0.00558. The molecule has 0 radical (unpaired) electrons. The molecule has 3 aromatic carbocycles. The van der Waals surface area contributed by atoms with Gasteiger partial charge in [0, 0.05) is 24.3 Å². The maximum atomic E-state index is 12.6. The molecule has 9 heteroatoms. The third-order valence-corrected chi connectivity index (χ3v) is 6.85. The van der Waals surface area contributed by atoms with Crippen LogP contribution in [0.4, 0.5) is 11.4 Å². The number of anilines is 2. The summed E-state index contributed by atoms with van der Waals surface area (Å²) in [5.41, 5.74) is 2.36. The van der Waals surface area contributed by atoms with E-state index in [0.717, 1.165) is 0 Å². The van der Waals surface area contributed by atoms with Crippen molar-refractivity contribution in [3.8, 4) is 11.5 Å². The molecular weight excluding hydrogens is 527 g/mol. The van der Waals surface area contributed by atoms with Gasteiger partial charge in [0.15, 0.2) is 6.61 Å². The van der Waals surface area contributed by atoms with Gasteiger partial charge in [-0.1, -0.05) is 56.1 Å². The first-order valence-corrected chi connectivity index (χ1v) is 12.9. The van der Waals surface area contributed by atoms with Gasteiger partial charge in [0.25, 0.3) is 5.91 Å². The van der Waals surface area contributed by atoms with E-state index in [1.807, 2.05) is 24.3 Å². The van der Waals surface area contributed by atoms with Crippen LogP contribution in [-0.2, 0) is 24.5 Å². The lowest BCUT2D eigenvalue weighted by Crippen LogP contribution is -2.28. The van der Waals surface area contributed by atoms with Gasteiger partial charge in [-0.3, -0.25) is 14.4 Å². The van der Waals surface area contributed by atoms with E-state index in [2.05, 4.69) is 26.1 Å². The minimum atomic E-state index is -0.669. The molecule has 0 aromatic heterocycles. The van der Waals surface area contributed by atoms with E-state index in [1.54, 1.807) is 36.4 Å². The van der Waals surface area contributed by atoms with Crippen LogP contribution in [0.25, 0.3) is 0 Å². The van der Waals surface area contributed by atoms with E-state index in [1.165, 1.54) is 16.5 Å². The second kappa shape index (κ2) is 11.5. The van der Waals surface area contributed by atoms with Crippen LogP contribution in [0.2, 0.25) is 10.0 Å². The Kier molecular flexibility index (Phi) is 8.29. The van der Waals surface area contributed by atoms with Gasteiger partial charge in [0.1, 0.15) is 11.5 Å². The first kappa shape index (κ1) is 27.5. The summed E-state index contributed by atoms with van der Waals surface area (Å²) >= 11 is 11.8. The van der Waals surface area contributed by atoms with Crippen molar-refractivity contribution in [1.82, 2.24) is 0 Å². The number of halogens is 2. The van der Waals surface area contributed by atoms with Gasteiger partial charge in [-0.2, -0.15) is 0 Å². The molecule has 2 amide bonds. The van der Waals surface area contributed by atoms with Gasteiger partial charge >= 0.3 is 5.97 Å². The highest BCUT2D eigenvalue weighted by Gasteiger charge is 2.36. The molecule has 198 valence electrons. The molecule has 1 N–H and O–H groups in total. The van der Waals surface area contributed by atoms with Crippen LogP contribution in [0, 0.1) is 5.92 Å². The summed E-state index contributed by atoms with van der Waals surface area (Å²) in [5.74, 6) is -0.650. The third kappa shape index (κ3) is 6.85. The lowest BCUT2D eigenvalue weighted by molar-refractivity contribution is -0.151. The summed E-state index contributed by atoms with van der Waals surface area (Å²) in [4.78, 5) is 38.8. The molecule has 1 aliphatic rings. The lowest BCUT2D eigenvalue weighted by Gasteiger charge is -2.19. The van der Waals surface area contributed by atoms with Crippen LogP contribution in [0.5, 0.6) is 11.5 Å². The van der Waals surface area contributed by atoms with E-state index < -0.39 is 24.4 Å². The minimum absolute atomic E-state index is 0.00558. The Hall–Kier alpha value is -3.55. The topological polar surface area (TPSA) is 84.9 Å². The number of hydrogen-bond acceptors (Lipinski definition) is 5. The highest BCUT2D eigenvalue weighted by atomic mass is 35.5. The molecule has 0 unspecified atom stereocenters. The molecule has 0 spiro atoms. The highest BCUT2D eigenvalue weighted by molar-refractivity contribution is 6.42. The number of benzene rings is 3. The first-order valence-electron chi connectivity index (χ1n) is 12.1. The van der Waals surface area contributed by atoms with Gasteiger partial charge in [-0.25, -0.2) is 0 Å². The van der Waals surface area contributed by atoms with Gasteiger partial charge < -0.3 is 19.7 Å². The largest absolute Gasteiger partial charge is 0.457 e. The second-order valence-electron chi connectivity index (χ2n) is 10.1. The molecule has 3 aromatic rings. The quantitative estimate of drug-likeness (QED) is 0.332. The molecule has 0 bridgehead atoms. The van der Waals surface area contributed by atoms with Crippen molar-refractivity contribution >= 4 is 52.4 Å². The normalized spacial score (nSPS) is 15.3. The molecule has 1 aliphatic heterocycles. The standard InChI is InChI=1S/C29H28Cl2N2O5/c1-29(2,3)19-4-9-22(10-5-19)38-23-11-7-21(8-12-23)33-16-18(14-27(33)35)28(36)37-17-26(34)32-20-6-13-24(30)25(31)15-20/h4-13,15,18H,14,16-17H2,1-3H3,(H,32,34)/t18-/m0/s1. The van der Waals surface area contributed by atoms with Crippen molar-refractivity contribution in [2.24, 2.45) is 5.92 Å².